The predicted molar refractivity (Wildman–Crippen MR) is 88.0 cm³/mol. The van der Waals surface area contributed by atoms with Crippen LogP contribution in [0.2, 0.25) is 0 Å². The van der Waals surface area contributed by atoms with Gasteiger partial charge in [0, 0.05) is 22.3 Å². The molecule has 1 aromatic heterocycles. The summed E-state index contributed by atoms with van der Waals surface area (Å²) in [6.07, 6.45) is 0. The Morgan fingerprint density at radius 2 is 2.00 bits per heavy atom. The molecule has 0 amide bonds. The van der Waals surface area contributed by atoms with Crippen molar-refractivity contribution < 1.29 is 0 Å². The number of anilines is 1. The van der Waals surface area contributed by atoms with Gasteiger partial charge in [0.25, 0.3) is 0 Å². The molecule has 106 valence electrons. The highest BCUT2D eigenvalue weighted by molar-refractivity contribution is 9.10. The largest absolute Gasteiger partial charge is 0.381 e. The summed E-state index contributed by atoms with van der Waals surface area (Å²) in [5.74, 6) is 1.54. The lowest BCUT2D eigenvalue weighted by atomic mass is 10.1. The minimum atomic E-state index is 0.719. The number of hydrogen-bond donors (Lipinski definition) is 2. The van der Waals surface area contributed by atoms with Crippen molar-refractivity contribution in [2.45, 2.75) is 13.5 Å². The number of hydrogen-bond acceptors (Lipinski definition) is 3. The van der Waals surface area contributed by atoms with E-state index in [1.165, 1.54) is 5.56 Å². The maximum Gasteiger partial charge on any atom is 0.181 e. The van der Waals surface area contributed by atoms with Gasteiger partial charge in [-0.15, -0.1) is 0 Å². The molecular weight excluding hydrogens is 328 g/mol. The van der Waals surface area contributed by atoms with E-state index in [-0.39, 0.29) is 0 Å². The number of aromatic amines is 1. The summed E-state index contributed by atoms with van der Waals surface area (Å²) in [6.45, 7) is 2.66. The minimum absolute atomic E-state index is 0.719. The van der Waals surface area contributed by atoms with Crippen molar-refractivity contribution in [3.8, 4) is 11.4 Å². The van der Waals surface area contributed by atoms with Gasteiger partial charge < -0.3 is 5.32 Å². The number of nitrogens with one attached hydrogen (secondary N) is 2. The number of benzene rings is 2. The lowest BCUT2D eigenvalue weighted by Crippen LogP contribution is -2.00. The van der Waals surface area contributed by atoms with Gasteiger partial charge in [0.2, 0.25) is 0 Å². The monoisotopic (exact) mass is 342 g/mol. The molecule has 1 heterocycles. The second kappa shape index (κ2) is 6.10. The fourth-order valence-electron chi connectivity index (χ4n) is 2.08. The summed E-state index contributed by atoms with van der Waals surface area (Å²) in [4.78, 5) is 4.35. The van der Waals surface area contributed by atoms with Crippen LogP contribution in [0.5, 0.6) is 0 Å². The zero-order valence-electron chi connectivity index (χ0n) is 11.6. The fourth-order valence-corrected chi connectivity index (χ4v) is 2.50. The Labute approximate surface area is 131 Å². The maximum atomic E-state index is 4.35. The van der Waals surface area contributed by atoms with Crippen molar-refractivity contribution in [1.82, 2.24) is 15.2 Å². The van der Waals surface area contributed by atoms with E-state index in [0.29, 0.717) is 0 Å². The SMILES string of the molecule is Cc1nc(-c2cccc(NCc3ccccc3Br)c2)n[nH]1. The number of aromatic nitrogens is 3. The molecule has 0 fully saturated rings. The third-order valence-electron chi connectivity index (χ3n) is 3.16. The Balaban J connectivity index is 1.76. The summed E-state index contributed by atoms with van der Waals surface area (Å²) in [5.41, 5.74) is 3.26. The van der Waals surface area contributed by atoms with Crippen LogP contribution in [-0.2, 0) is 6.54 Å². The smallest absolute Gasteiger partial charge is 0.181 e. The summed E-state index contributed by atoms with van der Waals surface area (Å²) >= 11 is 3.56. The number of halogens is 1. The Bertz CT molecular complexity index is 751. The minimum Gasteiger partial charge on any atom is -0.381 e. The molecule has 3 aromatic rings. The highest BCUT2D eigenvalue weighted by atomic mass is 79.9. The molecular formula is C16H15BrN4. The van der Waals surface area contributed by atoms with Crippen LogP contribution in [-0.4, -0.2) is 15.2 Å². The molecule has 0 saturated heterocycles. The van der Waals surface area contributed by atoms with Crippen LogP contribution in [0, 0.1) is 6.92 Å². The van der Waals surface area contributed by atoms with Crippen molar-refractivity contribution in [3.63, 3.8) is 0 Å². The van der Waals surface area contributed by atoms with Crippen LogP contribution >= 0.6 is 15.9 Å². The summed E-state index contributed by atoms with van der Waals surface area (Å²) < 4.78 is 1.11. The molecule has 21 heavy (non-hydrogen) atoms. The molecule has 0 spiro atoms. The maximum absolute atomic E-state index is 4.35. The van der Waals surface area contributed by atoms with Crippen LogP contribution in [0.1, 0.15) is 11.4 Å². The van der Waals surface area contributed by atoms with Crippen LogP contribution < -0.4 is 5.32 Å². The molecule has 0 atom stereocenters. The van der Waals surface area contributed by atoms with Gasteiger partial charge in [-0.05, 0) is 30.7 Å². The molecule has 0 aliphatic rings. The third kappa shape index (κ3) is 3.31. The van der Waals surface area contributed by atoms with E-state index in [4.69, 9.17) is 0 Å². The lowest BCUT2D eigenvalue weighted by molar-refractivity contribution is 1.04. The zero-order chi connectivity index (χ0) is 14.7. The van der Waals surface area contributed by atoms with Crippen molar-refractivity contribution in [1.29, 1.82) is 0 Å². The molecule has 0 bridgehead atoms. The average molecular weight is 343 g/mol. The topological polar surface area (TPSA) is 53.6 Å². The van der Waals surface area contributed by atoms with Gasteiger partial charge in [0.05, 0.1) is 0 Å². The zero-order valence-corrected chi connectivity index (χ0v) is 13.2. The molecule has 0 radical (unpaired) electrons. The molecule has 4 nitrogen and oxygen atoms in total. The number of rotatable bonds is 4. The van der Waals surface area contributed by atoms with Crippen molar-refractivity contribution in [3.05, 3.63) is 64.4 Å². The summed E-state index contributed by atoms with van der Waals surface area (Å²) in [6, 6.07) is 16.3. The van der Waals surface area contributed by atoms with Crippen LogP contribution in [0.25, 0.3) is 11.4 Å². The fraction of sp³-hybridized carbons (Fsp3) is 0.125. The standard InChI is InChI=1S/C16H15BrN4/c1-11-19-16(21-20-11)12-6-4-7-14(9-12)18-10-13-5-2-3-8-15(13)17/h2-9,18H,10H2,1H3,(H,19,20,21). The molecule has 0 aliphatic heterocycles. The van der Waals surface area contributed by atoms with Gasteiger partial charge in [-0.25, -0.2) is 4.98 Å². The van der Waals surface area contributed by atoms with E-state index >= 15 is 0 Å². The molecule has 0 unspecified atom stereocenters. The second-order valence-electron chi connectivity index (χ2n) is 4.77. The van der Waals surface area contributed by atoms with Crippen LogP contribution in [0.15, 0.2) is 53.0 Å². The number of H-pyrrole nitrogens is 1. The van der Waals surface area contributed by atoms with Crippen LogP contribution in [0.3, 0.4) is 0 Å². The Hall–Kier alpha value is -2.14. The van der Waals surface area contributed by atoms with Gasteiger partial charge >= 0.3 is 0 Å². The lowest BCUT2D eigenvalue weighted by Gasteiger charge is -2.09. The van der Waals surface area contributed by atoms with E-state index in [1.54, 1.807) is 0 Å². The first-order chi connectivity index (χ1) is 10.2. The van der Waals surface area contributed by atoms with Crippen molar-refractivity contribution in [2.24, 2.45) is 0 Å². The Kier molecular flexibility index (Phi) is 4.01. The quantitative estimate of drug-likeness (QED) is 0.748. The predicted octanol–water partition coefficient (Wildman–Crippen LogP) is 4.15. The molecule has 2 N–H and O–H groups in total. The number of nitrogens with zero attached hydrogens (tertiary/aromatic N) is 2. The van der Waals surface area contributed by atoms with Gasteiger partial charge in [0.1, 0.15) is 5.82 Å². The summed E-state index contributed by atoms with van der Waals surface area (Å²) in [5, 5.41) is 10.5. The Morgan fingerprint density at radius 1 is 1.14 bits per heavy atom. The van der Waals surface area contributed by atoms with Gasteiger partial charge in [0.15, 0.2) is 5.82 Å². The second-order valence-corrected chi connectivity index (χ2v) is 5.62. The molecule has 2 aromatic carbocycles. The van der Waals surface area contributed by atoms with Gasteiger partial charge in [-0.1, -0.05) is 46.3 Å². The average Bonchev–Trinajstić information content (AvgIpc) is 2.93. The first-order valence-electron chi connectivity index (χ1n) is 6.69. The van der Waals surface area contributed by atoms with E-state index in [9.17, 15) is 0 Å². The Morgan fingerprint density at radius 3 is 2.76 bits per heavy atom. The highest BCUT2D eigenvalue weighted by Crippen LogP contribution is 2.21. The van der Waals surface area contributed by atoms with E-state index in [2.05, 4.69) is 48.6 Å². The first kappa shape index (κ1) is 13.8. The third-order valence-corrected chi connectivity index (χ3v) is 3.93. The molecule has 0 saturated carbocycles. The molecule has 3 rings (SSSR count). The molecule has 0 aliphatic carbocycles. The normalized spacial score (nSPS) is 10.6. The first-order valence-corrected chi connectivity index (χ1v) is 7.48. The molecule has 5 heteroatoms. The highest BCUT2D eigenvalue weighted by Gasteiger charge is 2.05. The van der Waals surface area contributed by atoms with Crippen molar-refractivity contribution >= 4 is 21.6 Å². The number of aryl methyl sites for hydroxylation is 1. The van der Waals surface area contributed by atoms with E-state index in [1.807, 2.05) is 43.3 Å². The van der Waals surface area contributed by atoms with E-state index < -0.39 is 0 Å². The van der Waals surface area contributed by atoms with Gasteiger partial charge in [-0.3, -0.25) is 5.10 Å². The van der Waals surface area contributed by atoms with E-state index in [0.717, 1.165) is 33.9 Å². The van der Waals surface area contributed by atoms with Crippen LogP contribution in [0.4, 0.5) is 5.69 Å². The van der Waals surface area contributed by atoms with Gasteiger partial charge in [-0.2, -0.15) is 5.10 Å². The summed E-state index contributed by atoms with van der Waals surface area (Å²) in [7, 11) is 0. The van der Waals surface area contributed by atoms with Crippen molar-refractivity contribution in [2.75, 3.05) is 5.32 Å².